The van der Waals surface area contributed by atoms with E-state index in [1.165, 1.54) is 39.2 Å². The topological polar surface area (TPSA) is 3.88 Å². The molecule has 18 heavy (non-hydrogen) atoms. The third-order valence-electron chi connectivity index (χ3n) is 4.01. The maximum Gasteiger partial charge on any atom is 0.212 e. The summed E-state index contributed by atoms with van der Waals surface area (Å²) in [4.78, 5) is 0. The van der Waals surface area contributed by atoms with Crippen molar-refractivity contribution in [3.05, 3.63) is 52.2 Å². The molecule has 0 amide bonds. The molecule has 0 aliphatic heterocycles. The minimum absolute atomic E-state index is 1.29. The van der Waals surface area contributed by atoms with Crippen molar-refractivity contribution >= 4 is 0 Å². The number of rotatable bonds is 1. The first kappa shape index (κ1) is 12.8. The van der Waals surface area contributed by atoms with E-state index in [0.717, 1.165) is 0 Å². The van der Waals surface area contributed by atoms with Crippen LogP contribution in [-0.4, -0.2) is 0 Å². The lowest BCUT2D eigenvalue weighted by molar-refractivity contribution is -0.667. The number of hydrogen-bond acceptors (Lipinski definition) is 0. The largest absolute Gasteiger partial charge is 0.212 e. The predicted molar refractivity (Wildman–Crippen MR) is 76.7 cm³/mol. The van der Waals surface area contributed by atoms with E-state index in [-0.39, 0.29) is 0 Å². The Kier molecular flexibility index (Phi) is 3.25. The van der Waals surface area contributed by atoms with Crippen LogP contribution in [0.3, 0.4) is 0 Å². The first-order valence-corrected chi connectivity index (χ1v) is 6.46. The van der Waals surface area contributed by atoms with Gasteiger partial charge in [0.05, 0.1) is 0 Å². The maximum atomic E-state index is 2.29. The summed E-state index contributed by atoms with van der Waals surface area (Å²) in [6.07, 6.45) is 0. The second kappa shape index (κ2) is 4.56. The summed E-state index contributed by atoms with van der Waals surface area (Å²) < 4.78 is 2.29. The monoisotopic (exact) mass is 240 g/mol. The van der Waals surface area contributed by atoms with Gasteiger partial charge in [-0.15, -0.1) is 0 Å². The molecule has 0 bridgehead atoms. The van der Waals surface area contributed by atoms with E-state index in [1.807, 2.05) is 0 Å². The molecule has 0 fully saturated rings. The van der Waals surface area contributed by atoms with Crippen LogP contribution in [0, 0.1) is 34.6 Å². The van der Waals surface area contributed by atoms with Crippen molar-refractivity contribution < 1.29 is 4.57 Å². The molecule has 0 radical (unpaired) electrons. The molecule has 0 unspecified atom stereocenters. The molecule has 0 N–H and O–H groups in total. The summed E-state index contributed by atoms with van der Waals surface area (Å²) in [6.45, 7) is 10.9. The lowest BCUT2D eigenvalue weighted by Gasteiger charge is -2.10. The van der Waals surface area contributed by atoms with Crippen LogP contribution < -0.4 is 4.57 Å². The lowest BCUT2D eigenvalue weighted by atomic mass is 9.97. The molecule has 1 nitrogen and oxygen atoms in total. The van der Waals surface area contributed by atoms with Crippen LogP contribution in [0.15, 0.2) is 24.3 Å². The molecule has 2 rings (SSSR count). The number of pyridine rings is 1. The van der Waals surface area contributed by atoms with Crippen molar-refractivity contribution in [3.8, 4) is 11.3 Å². The number of aromatic nitrogens is 1. The Labute approximate surface area is 110 Å². The summed E-state index contributed by atoms with van der Waals surface area (Å²) >= 11 is 0. The van der Waals surface area contributed by atoms with Crippen LogP contribution in [-0.2, 0) is 7.05 Å². The Bertz CT molecular complexity index is 609. The second-order valence-electron chi connectivity index (χ2n) is 5.30. The van der Waals surface area contributed by atoms with E-state index in [9.17, 15) is 0 Å². The van der Waals surface area contributed by atoms with Gasteiger partial charge < -0.3 is 0 Å². The van der Waals surface area contributed by atoms with Gasteiger partial charge in [-0.25, -0.2) is 0 Å². The molecule has 1 aromatic carbocycles. The highest BCUT2D eigenvalue weighted by Gasteiger charge is 2.16. The van der Waals surface area contributed by atoms with Crippen molar-refractivity contribution in [3.63, 3.8) is 0 Å². The van der Waals surface area contributed by atoms with E-state index in [2.05, 4.69) is 70.5 Å². The minimum Gasteiger partial charge on any atom is -0.198 e. The Morgan fingerprint density at radius 3 is 2.17 bits per heavy atom. The van der Waals surface area contributed by atoms with Crippen LogP contribution in [0.2, 0.25) is 0 Å². The van der Waals surface area contributed by atoms with Gasteiger partial charge in [-0.1, -0.05) is 11.6 Å². The highest BCUT2D eigenvalue weighted by Crippen LogP contribution is 2.25. The first-order valence-electron chi connectivity index (χ1n) is 6.46. The van der Waals surface area contributed by atoms with Gasteiger partial charge in [0.1, 0.15) is 7.05 Å². The molecule has 1 heteroatoms. The lowest BCUT2D eigenvalue weighted by Crippen LogP contribution is -2.35. The minimum atomic E-state index is 1.29. The summed E-state index contributed by atoms with van der Waals surface area (Å²) in [5.74, 6) is 0. The Hall–Kier alpha value is -1.63. The second-order valence-corrected chi connectivity index (χ2v) is 5.30. The van der Waals surface area contributed by atoms with Gasteiger partial charge in [0, 0.05) is 24.1 Å². The van der Waals surface area contributed by atoms with Crippen LogP contribution in [0.4, 0.5) is 0 Å². The summed E-state index contributed by atoms with van der Waals surface area (Å²) in [7, 11) is 2.15. The fourth-order valence-corrected chi connectivity index (χ4v) is 2.46. The molecule has 94 valence electrons. The molecule has 2 aromatic rings. The van der Waals surface area contributed by atoms with Crippen molar-refractivity contribution in [1.29, 1.82) is 0 Å². The highest BCUT2D eigenvalue weighted by molar-refractivity contribution is 5.64. The zero-order valence-corrected chi connectivity index (χ0v) is 12.3. The molecule has 0 atom stereocenters. The van der Waals surface area contributed by atoms with E-state index in [1.54, 1.807) is 0 Å². The predicted octanol–water partition coefficient (Wildman–Crippen LogP) is 3.72. The van der Waals surface area contributed by atoms with E-state index in [4.69, 9.17) is 0 Å². The maximum absolute atomic E-state index is 2.29. The SMILES string of the molecule is Cc1cc(C)c(C)c(-c2ccc(C)c(C)[n+]2C)c1. The summed E-state index contributed by atoms with van der Waals surface area (Å²) in [5.41, 5.74) is 9.36. The highest BCUT2D eigenvalue weighted by atomic mass is 14.9. The first-order chi connectivity index (χ1) is 8.41. The van der Waals surface area contributed by atoms with Gasteiger partial charge in [-0.05, 0) is 51.0 Å². The smallest absolute Gasteiger partial charge is 0.198 e. The van der Waals surface area contributed by atoms with Gasteiger partial charge in [0.15, 0.2) is 5.69 Å². The summed E-state index contributed by atoms with van der Waals surface area (Å²) in [5, 5.41) is 0. The fourth-order valence-electron chi connectivity index (χ4n) is 2.46. The van der Waals surface area contributed by atoms with Gasteiger partial charge >= 0.3 is 0 Å². The van der Waals surface area contributed by atoms with Crippen LogP contribution in [0.5, 0.6) is 0 Å². The van der Waals surface area contributed by atoms with Crippen molar-refractivity contribution in [2.45, 2.75) is 34.6 Å². The van der Waals surface area contributed by atoms with Gasteiger partial charge in [-0.3, -0.25) is 0 Å². The van der Waals surface area contributed by atoms with E-state index < -0.39 is 0 Å². The standard InChI is InChI=1S/C17H22N/c1-11-9-13(3)14(4)16(10-11)17-8-7-12(2)15(5)18(17)6/h7-10H,1-6H3/q+1. The van der Waals surface area contributed by atoms with Gasteiger partial charge in [-0.2, -0.15) is 4.57 Å². The molecule has 0 aliphatic rings. The number of aryl methyl sites for hydroxylation is 3. The zero-order chi connectivity index (χ0) is 13.4. The quantitative estimate of drug-likeness (QED) is 0.669. The van der Waals surface area contributed by atoms with E-state index in [0.29, 0.717) is 0 Å². The zero-order valence-electron chi connectivity index (χ0n) is 12.3. The average molecular weight is 240 g/mol. The normalized spacial score (nSPS) is 10.8. The number of benzene rings is 1. The molecule has 0 saturated heterocycles. The Morgan fingerprint density at radius 1 is 0.833 bits per heavy atom. The van der Waals surface area contributed by atoms with Crippen LogP contribution in [0.1, 0.15) is 27.9 Å². The molecular formula is C17H22N+. The molecule has 0 aliphatic carbocycles. The third kappa shape index (κ3) is 2.05. The molecule has 0 saturated carbocycles. The third-order valence-corrected chi connectivity index (χ3v) is 4.01. The summed E-state index contributed by atoms with van der Waals surface area (Å²) in [6, 6.07) is 8.97. The molecule has 1 aromatic heterocycles. The van der Waals surface area contributed by atoms with Gasteiger partial charge in [0.2, 0.25) is 5.69 Å². The number of hydrogen-bond donors (Lipinski definition) is 0. The Balaban J connectivity index is 2.74. The van der Waals surface area contributed by atoms with Crippen molar-refractivity contribution in [2.75, 3.05) is 0 Å². The van der Waals surface area contributed by atoms with Crippen molar-refractivity contribution in [1.82, 2.24) is 0 Å². The van der Waals surface area contributed by atoms with Gasteiger partial charge in [0.25, 0.3) is 0 Å². The average Bonchev–Trinajstić information content (AvgIpc) is 2.31. The van der Waals surface area contributed by atoms with Crippen LogP contribution in [0.25, 0.3) is 11.3 Å². The molecule has 0 spiro atoms. The molecular weight excluding hydrogens is 218 g/mol. The van der Waals surface area contributed by atoms with E-state index >= 15 is 0 Å². The van der Waals surface area contributed by atoms with Crippen LogP contribution >= 0.6 is 0 Å². The Morgan fingerprint density at radius 2 is 1.50 bits per heavy atom. The molecule has 1 heterocycles. The van der Waals surface area contributed by atoms with Crippen molar-refractivity contribution in [2.24, 2.45) is 7.05 Å². The number of nitrogens with zero attached hydrogens (tertiary/aromatic N) is 1. The fraction of sp³-hybridized carbons (Fsp3) is 0.353.